The maximum Gasteiger partial charge on any atom is 0.281 e. The largest absolute Gasteiger partial charge is 0.461 e. The van der Waals surface area contributed by atoms with Crippen LogP contribution >= 0.6 is 23.2 Å². The number of furan rings is 1. The third-order valence-corrected chi connectivity index (χ3v) is 4.65. The van der Waals surface area contributed by atoms with Crippen LogP contribution in [-0.4, -0.2) is 20.7 Å². The van der Waals surface area contributed by atoms with E-state index in [-0.39, 0.29) is 11.9 Å². The molecule has 2 aromatic carbocycles. The Hall–Kier alpha value is -3.09. The van der Waals surface area contributed by atoms with Gasteiger partial charge in [0.2, 0.25) is 11.8 Å². The van der Waals surface area contributed by atoms with E-state index >= 15 is 0 Å². The molecule has 140 valence electrons. The SMILES string of the molecule is O=C(c1ccc(Cl)cc1)n1nc(-c2ccco2)nc1NCc1ccccc1Cl. The topological polar surface area (TPSA) is 73.0 Å². The van der Waals surface area contributed by atoms with Crippen LogP contribution in [0.4, 0.5) is 5.95 Å². The van der Waals surface area contributed by atoms with Crippen LogP contribution in [0.25, 0.3) is 11.6 Å². The Balaban J connectivity index is 1.68. The smallest absolute Gasteiger partial charge is 0.281 e. The van der Waals surface area contributed by atoms with Crippen LogP contribution in [0.2, 0.25) is 10.0 Å². The maximum atomic E-state index is 13.0. The number of carbonyl (C=O) groups excluding carboxylic acids is 1. The number of nitrogens with zero attached hydrogens (tertiary/aromatic N) is 3. The average Bonchev–Trinajstić information content (AvgIpc) is 3.37. The number of benzene rings is 2. The Morgan fingerprint density at radius 3 is 2.54 bits per heavy atom. The van der Waals surface area contributed by atoms with E-state index in [9.17, 15) is 4.79 Å². The summed E-state index contributed by atoms with van der Waals surface area (Å²) in [5.74, 6) is 0.701. The highest BCUT2D eigenvalue weighted by atomic mass is 35.5. The fraction of sp³-hybridized carbons (Fsp3) is 0.0500. The first kappa shape index (κ1) is 18.3. The van der Waals surface area contributed by atoms with Crippen LogP contribution in [0.1, 0.15) is 15.9 Å². The van der Waals surface area contributed by atoms with Gasteiger partial charge in [0.15, 0.2) is 5.76 Å². The molecule has 0 spiro atoms. The normalized spacial score (nSPS) is 10.8. The fourth-order valence-electron chi connectivity index (χ4n) is 2.61. The molecule has 0 fully saturated rings. The van der Waals surface area contributed by atoms with Gasteiger partial charge in [-0.1, -0.05) is 41.4 Å². The van der Waals surface area contributed by atoms with Gasteiger partial charge < -0.3 is 9.73 Å². The average molecular weight is 413 g/mol. The molecule has 0 bridgehead atoms. The second kappa shape index (κ2) is 7.88. The summed E-state index contributed by atoms with van der Waals surface area (Å²) in [7, 11) is 0. The summed E-state index contributed by atoms with van der Waals surface area (Å²) in [6, 6.07) is 17.5. The predicted molar refractivity (Wildman–Crippen MR) is 108 cm³/mol. The second-order valence-corrected chi connectivity index (χ2v) is 6.75. The minimum absolute atomic E-state index is 0.284. The van der Waals surface area contributed by atoms with Gasteiger partial charge in [-0.25, -0.2) is 0 Å². The summed E-state index contributed by atoms with van der Waals surface area (Å²) in [4.78, 5) is 17.4. The van der Waals surface area contributed by atoms with Crippen molar-refractivity contribution in [2.75, 3.05) is 5.32 Å². The predicted octanol–water partition coefficient (Wildman–Crippen LogP) is 5.15. The van der Waals surface area contributed by atoms with Crippen molar-refractivity contribution in [1.82, 2.24) is 14.8 Å². The van der Waals surface area contributed by atoms with Crippen molar-refractivity contribution in [3.05, 3.63) is 88.1 Å². The monoisotopic (exact) mass is 412 g/mol. The highest BCUT2D eigenvalue weighted by molar-refractivity contribution is 6.31. The molecule has 4 aromatic rings. The molecule has 0 radical (unpaired) electrons. The Labute approximate surface area is 170 Å². The van der Waals surface area contributed by atoms with Crippen molar-refractivity contribution in [1.29, 1.82) is 0 Å². The van der Waals surface area contributed by atoms with Crippen molar-refractivity contribution in [3.8, 4) is 11.6 Å². The molecule has 0 amide bonds. The number of aromatic nitrogens is 3. The zero-order valence-electron chi connectivity index (χ0n) is 14.5. The molecule has 2 heterocycles. The fourth-order valence-corrected chi connectivity index (χ4v) is 2.94. The summed E-state index contributed by atoms with van der Waals surface area (Å²) < 4.78 is 6.56. The molecule has 1 N–H and O–H groups in total. The molecule has 2 aromatic heterocycles. The Morgan fingerprint density at radius 1 is 1.04 bits per heavy atom. The summed E-state index contributed by atoms with van der Waals surface area (Å²) in [6.45, 7) is 0.379. The van der Waals surface area contributed by atoms with Gasteiger partial charge in [0.05, 0.1) is 6.26 Å². The third kappa shape index (κ3) is 3.78. The van der Waals surface area contributed by atoms with Crippen molar-refractivity contribution < 1.29 is 9.21 Å². The molecule has 0 saturated heterocycles. The first-order valence-electron chi connectivity index (χ1n) is 8.40. The van der Waals surface area contributed by atoms with Crippen LogP contribution in [0, 0.1) is 0 Å². The van der Waals surface area contributed by atoms with Crippen molar-refractivity contribution >= 4 is 35.1 Å². The number of hydrogen-bond donors (Lipinski definition) is 1. The standard InChI is InChI=1S/C20H14Cl2N4O2/c21-15-9-7-13(8-10-15)19(27)26-20(23-12-14-4-1-2-5-16(14)22)24-18(25-26)17-6-3-11-28-17/h1-11H,12H2,(H,23,24,25). The lowest BCUT2D eigenvalue weighted by Gasteiger charge is -2.08. The highest BCUT2D eigenvalue weighted by Crippen LogP contribution is 2.21. The van der Waals surface area contributed by atoms with Crippen LogP contribution in [0.5, 0.6) is 0 Å². The van der Waals surface area contributed by atoms with E-state index in [2.05, 4.69) is 15.4 Å². The van der Waals surface area contributed by atoms with Gasteiger partial charge in [-0.05, 0) is 48.0 Å². The second-order valence-electron chi connectivity index (χ2n) is 5.91. The molecule has 0 atom stereocenters. The number of anilines is 1. The minimum atomic E-state index is -0.344. The molecular weight excluding hydrogens is 399 g/mol. The van der Waals surface area contributed by atoms with Gasteiger partial charge in [-0.2, -0.15) is 9.67 Å². The lowest BCUT2D eigenvalue weighted by atomic mass is 10.2. The Morgan fingerprint density at radius 2 is 1.82 bits per heavy atom. The molecule has 0 saturated carbocycles. The summed E-state index contributed by atoms with van der Waals surface area (Å²) in [5, 5.41) is 8.62. The first-order chi connectivity index (χ1) is 13.6. The molecule has 4 rings (SSSR count). The van der Waals surface area contributed by atoms with Crippen molar-refractivity contribution in [2.24, 2.45) is 0 Å². The van der Waals surface area contributed by atoms with Crippen molar-refractivity contribution in [3.63, 3.8) is 0 Å². The number of nitrogens with one attached hydrogen (secondary N) is 1. The quantitative estimate of drug-likeness (QED) is 0.490. The third-order valence-electron chi connectivity index (χ3n) is 4.03. The Kier molecular flexibility index (Phi) is 5.14. The minimum Gasteiger partial charge on any atom is -0.461 e. The molecule has 28 heavy (non-hydrogen) atoms. The molecular formula is C20H14Cl2N4O2. The van der Waals surface area contributed by atoms with E-state index in [1.54, 1.807) is 42.5 Å². The van der Waals surface area contributed by atoms with E-state index in [0.29, 0.717) is 33.7 Å². The van der Waals surface area contributed by atoms with E-state index in [1.165, 1.54) is 10.9 Å². The van der Waals surface area contributed by atoms with Crippen LogP contribution in [-0.2, 0) is 6.54 Å². The molecule has 0 aliphatic carbocycles. The van der Waals surface area contributed by atoms with Gasteiger partial charge in [-0.15, -0.1) is 5.10 Å². The first-order valence-corrected chi connectivity index (χ1v) is 9.16. The van der Waals surface area contributed by atoms with Crippen LogP contribution in [0.3, 0.4) is 0 Å². The Bertz CT molecular complexity index is 1110. The number of halogens is 2. The molecule has 0 unspecified atom stereocenters. The van der Waals surface area contributed by atoms with Gasteiger partial charge >= 0.3 is 0 Å². The summed E-state index contributed by atoms with van der Waals surface area (Å²) in [6.07, 6.45) is 1.52. The van der Waals surface area contributed by atoms with E-state index < -0.39 is 0 Å². The highest BCUT2D eigenvalue weighted by Gasteiger charge is 2.20. The maximum absolute atomic E-state index is 13.0. The van der Waals surface area contributed by atoms with Gasteiger partial charge in [0, 0.05) is 22.2 Å². The molecule has 8 heteroatoms. The molecule has 0 aliphatic rings. The molecule has 0 aliphatic heterocycles. The zero-order valence-corrected chi connectivity index (χ0v) is 16.0. The number of hydrogen-bond acceptors (Lipinski definition) is 5. The zero-order chi connectivity index (χ0) is 19.5. The number of carbonyl (C=O) groups is 1. The van der Waals surface area contributed by atoms with E-state index in [4.69, 9.17) is 27.6 Å². The van der Waals surface area contributed by atoms with Gasteiger partial charge in [0.1, 0.15) is 0 Å². The number of rotatable bonds is 5. The summed E-state index contributed by atoms with van der Waals surface area (Å²) in [5.41, 5.74) is 1.30. The van der Waals surface area contributed by atoms with Crippen molar-refractivity contribution in [2.45, 2.75) is 6.54 Å². The van der Waals surface area contributed by atoms with E-state index in [1.807, 2.05) is 18.2 Å². The van der Waals surface area contributed by atoms with E-state index in [0.717, 1.165) is 5.56 Å². The van der Waals surface area contributed by atoms with Crippen LogP contribution < -0.4 is 5.32 Å². The molecule has 6 nitrogen and oxygen atoms in total. The van der Waals surface area contributed by atoms with Gasteiger partial charge in [0.25, 0.3) is 5.91 Å². The van der Waals surface area contributed by atoms with Crippen LogP contribution in [0.15, 0.2) is 71.3 Å². The van der Waals surface area contributed by atoms with Gasteiger partial charge in [-0.3, -0.25) is 4.79 Å². The summed E-state index contributed by atoms with van der Waals surface area (Å²) >= 11 is 12.1. The lowest BCUT2D eigenvalue weighted by molar-refractivity contribution is 0.0947. The lowest BCUT2D eigenvalue weighted by Crippen LogP contribution is -2.17.